The number of aromatic amines is 1. The molecule has 0 fully saturated rings. The molecule has 3 N–H and O–H groups in total. The molecule has 0 aromatic carbocycles. The van der Waals surface area contributed by atoms with Crippen molar-refractivity contribution in [3.05, 3.63) is 41.6 Å². The second-order valence-corrected chi connectivity index (χ2v) is 4.43. The highest BCUT2D eigenvalue weighted by Gasteiger charge is 2.15. The van der Waals surface area contributed by atoms with Gasteiger partial charge in [0.2, 0.25) is 0 Å². The van der Waals surface area contributed by atoms with Gasteiger partial charge >= 0.3 is 0 Å². The molecule has 3 aromatic rings. The highest BCUT2D eigenvalue weighted by molar-refractivity contribution is 5.71. The lowest BCUT2D eigenvalue weighted by molar-refractivity contribution is 0.761. The van der Waals surface area contributed by atoms with E-state index in [1.165, 1.54) is 0 Å². The molecule has 6 nitrogen and oxygen atoms in total. The number of H-pyrrole nitrogens is 1. The third kappa shape index (κ3) is 1.76. The number of nitrogens with one attached hydrogen (secondary N) is 1. The number of hydrogen-bond acceptors (Lipinski definition) is 4. The highest BCUT2D eigenvalue weighted by atomic mass is 15.2. The Morgan fingerprint density at radius 1 is 1.39 bits per heavy atom. The Hall–Kier alpha value is -2.21. The molecule has 0 aliphatic heterocycles. The van der Waals surface area contributed by atoms with Crippen molar-refractivity contribution < 1.29 is 0 Å². The number of hydrogen-bond donors (Lipinski definition) is 2. The number of nitrogens with two attached hydrogens (primary N) is 1. The zero-order chi connectivity index (χ0) is 12.7. The quantitative estimate of drug-likeness (QED) is 0.703. The predicted molar refractivity (Wildman–Crippen MR) is 67.9 cm³/mol. The smallest absolute Gasteiger partial charge is 0.177 e. The summed E-state index contributed by atoms with van der Waals surface area (Å²) < 4.78 is 1.72. The van der Waals surface area contributed by atoms with Crippen LogP contribution in [0.5, 0.6) is 0 Å². The second-order valence-electron chi connectivity index (χ2n) is 4.43. The fourth-order valence-corrected chi connectivity index (χ4v) is 1.93. The van der Waals surface area contributed by atoms with Crippen LogP contribution in [0, 0.1) is 6.92 Å². The molecule has 0 spiro atoms. The van der Waals surface area contributed by atoms with E-state index in [0.29, 0.717) is 11.5 Å². The molecule has 1 atom stereocenters. The van der Waals surface area contributed by atoms with Gasteiger partial charge in [0.1, 0.15) is 5.82 Å². The second kappa shape index (κ2) is 3.92. The standard InChI is InChI=1S/C12H14N6/c1-7-3-9-11(14-4-7)17-12(16-9)10(13)8-5-15-18(2)6-8/h3-6,10H,13H2,1-2H3,(H,14,16,17). The number of pyridine rings is 1. The van der Waals surface area contributed by atoms with Crippen molar-refractivity contribution in [1.82, 2.24) is 24.7 Å². The lowest BCUT2D eigenvalue weighted by Crippen LogP contribution is -2.12. The van der Waals surface area contributed by atoms with E-state index in [1.807, 2.05) is 26.2 Å². The number of aromatic nitrogens is 5. The number of fused-ring (bicyclic) bond motifs is 1. The molecule has 0 aliphatic carbocycles. The molecule has 1 unspecified atom stereocenters. The number of aryl methyl sites for hydroxylation is 2. The van der Waals surface area contributed by atoms with Gasteiger partial charge in [0.15, 0.2) is 5.65 Å². The lowest BCUT2D eigenvalue weighted by atomic mass is 10.2. The van der Waals surface area contributed by atoms with Crippen molar-refractivity contribution in [2.45, 2.75) is 13.0 Å². The van der Waals surface area contributed by atoms with Gasteiger partial charge in [0.25, 0.3) is 0 Å². The zero-order valence-electron chi connectivity index (χ0n) is 10.3. The Labute approximate surface area is 104 Å². The summed E-state index contributed by atoms with van der Waals surface area (Å²) in [6.07, 6.45) is 5.43. The minimum absolute atomic E-state index is 0.312. The summed E-state index contributed by atoms with van der Waals surface area (Å²) in [5.41, 5.74) is 9.77. The Morgan fingerprint density at radius 3 is 2.94 bits per heavy atom. The van der Waals surface area contributed by atoms with Gasteiger partial charge in [-0.2, -0.15) is 5.10 Å². The first-order chi connectivity index (χ1) is 8.63. The van der Waals surface area contributed by atoms with E-state index in [0.717, 1.165) is 16.6 Å². The lowest BCUT2D eigenvalue weighted by Gasteiger charge is -2.04. The van der Waals surface area contributed by atoms with E-state index in [-0.39, 0.29) is 6.04 Å². The van der Waals surface area contributed by atoms with E-state index >= 15 is 0 Å². The molecule has 3 aromatic heterocycles. The van der Waals surface area contributed by atoms with Crippen LogP contribution < -0.4 is 5.73 Å². The third-order valence-electron chi connectivity index (χ3n) is 2.87. The fraction of sp³-hybridized carbons (Fsp3) is 0.250. The largest absolute Gasteiger partial charge is 0.339 e. The monoisotopic (exact) mass is 242 g/mol. The Kier molecular flexibility index (Phi) is 2.38. The van der Waals surface area contributed by atoms with Gasteiger partial charge in [-0.1, -0.05) is 0 Å². The minimum Gasteiger partial charge on any atom is -0.339 e. The van der Waals surface area contributed by atoms with E-state index < -0.39 is 0 Å². The minimum atomic E-state index is -0.312. The predicted octanol–water partition coefficient (Wildman–Crippen LogP) is 1.05. The van der Waals surface area contributed by atoms with Crippen molar-refractivity contribution in [2.75, 3.05) is 0 Å². The first kappa shape index (κ1) is 10.9. The van der Waals surface area contributed by atoms with Gasteiger partial charge in [0, 0.05) is 25.0 Å². The van der Waals surface area contributed by atoms with Crippen LogP contribution in [0.25, 0.3) is 11.2 Å². The van der Waals surface area contributed by atoms with Crippen LogP contribution in [0.2, 0.25) is 0 Å². The van der Waals surface area contributed by atoms with Crippen molar-refractivity contribution in [3.8, 4) is 0 Å². The number of nitrogens with zero attached hydrogens (tertiary/aromatic N) is 4. The van der Waals surface area contributed by atoms with Crippen LogP contribution in [0.3, 0.4) is 0 Å². The van der Waals surface area contributed by atoms with Crippen molar-refractivity contribution >= 4 is 11.2 Å². The fourth-order valence-electron chi connectivity index (χ4n) is 1.93. The van der Waals surface area contributed by atoms with Gasteiger partial charge < -0.3 is 10.7 Å². The maximum Gasteiger partial charge on any atom is 0.177 e. The summed E-state index contributed by atoms with van der Waals surface area (Å²) in [6, 6.07) is 1.70. The number of imidazole rings is 1. The maximum absolute atomic E-state index is 6.16. The molecule has 6 heteroatoms. The molecule has 0 amide bonds. The van der Waals surface area contributed by atoms with Crippen molar-refractivity contribution in [2.24, 2.45) is 12.8 Å². The molecule has 18 heavy (non-hydrogen) atoms. The molecule has 3 rings (SSSR count). The first-order valence-corrected chi connectivity index (χ1v) is 5.70. The molecule has 0 bridgehead atoms. The summed E-state index contributed by atoms with van der Waals surface area (Å²) in [6.45, 7) is 1.99. The van der Waals surface area contributed by atoms with Crippen LogP contribution in [-0.2, 0) is 7.05 Å². The molecule has 0 saturated heterocycles. The van der Waals surface area contributed by atoms with Crippen molar-refractivity contribution in [1.29, 1.82) is 0 Å². The maximum atomic E-state index is 6.16. The molecular formula is C12H14N6. The summed E-state index contributed by atoms with van der Waals surface area (Å²) >= 11 is 0. The molecule has 0 radical (unpaired) electrons. The molecular weight excluding hydrogens is 228 g/mol. The Morgan fingerprint density at radius 2 is 2.22 bits per heavy atom. The third-order valence-corrected chi connectivity index (χ3v) is 2.87. The van der Waals surface area contributed by atoms with Gasteiger partial charge in [-0.05, 0) is 18.6 Å². The first-order valence-electron chi connectivity index (χ1n) is 5.70. The Balaban J connectivity index is 2.03. The van der Waals surface area contributed by atoms with E-state index in [9.17, 15) is 0 Å². The van der Waals surface area contributed by atoms with Crippen LogP contribution in [0.15, 0.2) is 24.7 Å². The van der Waals surface area contributed by atoms with Gasteiger partial charge in [-0.15, -0.1) is 0 Å². The summed E-state index contributed by atoms with van der Waals surface area (Å²) in [4.78, 5) is 11.9. The van der Waals surface area contributed by atoms with Crippen LogP contribution >= 0.6 is 0 Å². The van der Waals surface area contributed by atoms with E-state index in [2.05, 4.69) is 20.1 Å². The van der Waals surface area contributed by atoms with Crippen molar-refractivity contribution in [3.63, 3.8) is 0 Å². The summed E-state index contributed by atoms with van der Waals surface area (Å²) in [5, 5.41) is 4.11. The zero-order valence-corrected chi connectivity index (χ0v) is 10.3. The average Bonchev–Trinajstić information content (AvgIpc) is 2.93. The molecule has 0 aliphatic rings. The summed E-state index contributed by atoms with van der Waals surface area (Å²) in [7, 11) is 1.86. The van der Waals surface area contributed by atoms with Gasteiger partial charge in [-0.25, -0.2) is 9.97 Å². The molecule has 92 valence electrons. The topological polar surface area (TPSA) is 85.4 Å². The van der Waals surface area contributed by atoms with Crippen LogP contribution in [0.4, 0.5) is 0 Å². The normalized spacial score (nSPS) is 13.1. The van der Waals surface area contributed by atoms with E-state index in [4.69, 9.17) is 5.73 Å². The van der Waals surface area contributed by atoms with Crippen LogP contribution in [0.1, 0.15) is 23.0 Å². The van der Waals surface area contributed by atoms with Gasteiger partial charge in [-0.3, -0.25) is 4.68 Å². The Bertz CT molecular complexity index is 695. The van der Waals surface area contributed by atoms with E-state index in [1.54, 1.807) is 17.1 Å². The SMILES string of the molecule is Cc1cnc2nc(C(N)c3cnn(C)c3)[nH]c2c1. The van der Waals surface area contributed by atoms with Gasteiger partial charge in [0.05, 0.1) is 17.8 Å². The molecule has 0 saturated carbocycles. The average molecular weight is 242 g/mol. The molecule has 3 heterocycles. The van der Waals surface area contributed by atoms with Crippen LogP contribution in [-0.4, -0.2) is 24.7 Å². The number of rotatable bonds is 2. The summed E-state index contributed by atoms with van der Waals surface area (Å²) in [5.74, 6) is 0.705. The highest BCUT2D eigenvalue weighted by Crippen LogP contribution is 2.19.